The molecule has 1 amide bonds. The van der Waals surface area contributed by atoms with E-state index in [2.05, 4.69) is 4.98 Å². The van der Waals surface area contributed by atoms with Crippen LogP contribution >= 0.6 is 11.8 Å². The van der Waals surface area contributed by atoms with Gasteiger partial charge in [-0.15, -0.1) is 11.8 Å². The molecule has 0 aromatic carbocycles. The Balaban J connectivity index is 2.36. The Morgan fingerprint density at radius 1 is 1.22 bits per heavy atom. The average Bonchev–Trinajstić information content (AvgIpc) is 3.15. The second-order valence-electron chi connectivity index (χ2n) is 8.48. The van der Waals surface area contributed by atoms with Crippen LogP contribution in [-0.4, -0.2) is 57.1 Å². The van der Waals surface area contributed by atoms with Crippen molar-refractivity contribution in [2.45, 2.75) is 63.8 Å². The maximum Gasteiger partial charge on any atom is 0.419 e. The highest BCUT2D eigenvalue weighted by Crippen LogP contribution is 2.51. The highest BCUT2D eigenvalue weighted by atomic mass is 32.2. The van der Waals surface area contributed by atoms with Crippen molar-refractivity contribution >= 4 is 30.2 Å². The van der Waals surface area contributed by atoms with E-state index in [9.17, 15) is 14.4 Å². The van der Waals surface area contributed by atoms with Gasteiger partial charge in [-0.05, 0) is 26.2 Å². The lowest BCUT2D eigenvalue weighted by atomic mass is 9.94. The summed E-state index contributed by atoms with van der Waals surface area (Å²) in [7, 11) is 1.29. The van der Waals surface area contributed by atoms with Gasteiger partial charge in [-0.2, -0.15) is 0 Å². The van der Waals surface area contributed by atoms with Crippen LogP contribution in [0.2, 0.25) is 0 Å². The molecule has 1 saturated heterocycles. The highest BCUT2D eigenvalue weighted by Gasteiger charge is 2.51. The first-order valence-electron chi connectivity index (χ1n) is 8.62. The molecule has 8 nitrogen and oxygen atoms in total. The first-order valence-corrected chi connectivity index (χ1v) is 9.56. The third-order valence-electron chi connectivity index (χ3n) is 3.96. The molecule has 27 heavy (non-hydrogen) atoms. The normalized spacial score (nSPS) is 23.2. The van der Waals surface area contributed by atoms with E-state index in [-0.39, 0.29) is 10.8 Å². The van der Waals surface area contributed by atoms with E-state index in [0.29, 0.717) is 12.1 Å². The molecule has 1 aromatic heterocycles. The van der Waals surface area contributed by atoms with E-state index in [4.69, 9.17) is 9.47 Å². The Bertz CT molecular complexity index is 719. The van der Waals surface area contributed by atoms with Gasteiger partial charge in [0.1, 0.15) is 18.0 Å². The van der Waals surface area contributed by atoms with Crippen molar-refractivity contribution in [2.24, 2.45) is 5.41 Å². The number of aromatic nitrogens is 2. The average molecular weight is 397 g/mol. The van der Waals surface area contributed by atoms with Gasteiger partial charge in [-0.1, -0.05) is 20.8 Å². The second kappa shape index (κ2) is 7.53. The van der Waals surface area contributed by atoms with Gasteiger partial charge in [-0.3, -0.25) is 4.79 Å². The maximum absolute atomic E-state index is 12.4. The number of rotatable bonds is 3. The number of amides is 1. The summed E-state index contributed by atoms with van der Waals surface area (Å²) in [6.45, 7) is 11.3. The standard InChI is InChI=1S/C18H27N3O5S/c1-17(2,3)15-21(10-22)12(14(23)25-7)13(27-15)11-8-20(9-19-11)16(24)26-18(4,5)6/h8-10,12-13,15H,1-7H3/t12-,13+,15+/m0/s1. The van der Waals surface area contributed by atoms with Crippen LogP contribution in [0.15, 0.2) is 12.5 Å². The van der Waals surface area contributed by atoms with Gasteiger partial charge in [0.2, 0.25) is 6.41 Å². The van der Waals surface area contributed by atoms with E-state index >= 15 is 0 Å². The van der Waals surface area contributed by atoms with Crippen LogP contribution in [0.25, 0.3) is 0 Å². The minimum Gasteiger partial charge on any atom is -0.467 e. The predicted octanol–water partition coefficient (Wildman–Crippen LogP) is 2.83. The number of thioether (sulfide) groups is 1. The second-order valence-corrected chi connectivity index (χ2v) is 9.71. The van der Waals surface area contributed by atoms with E-state index in [1.165, 1.54) is 40.9 Å². The van der Waals surface area contributed by atoms with Gasteiger partial charge in [0.15, 0.2) is 0 Å². The quantitative estimate of drug-likeness (QED) is 0.572. The van der Waals surface area contributed by atoms with Crippen LogP contribution in [-0.2, 0) is 19.1 Å². The van der Waals surface area contributed by atoms with Crippen molar-refractivity contribution < 1.29 is 23.9 Å². The molecule has 0 radical (unpaired) electrons. The number of ether oxygens (including phenoxy) is 2. The zero-order valence-corrected chi connectivity index (χ0v) is 17.6. The molecule has 0 bridgehead atoms. The fourth-order valence-corrected chi connectivity index (χ4v) is 4.52. The molecular weight excluding hydrogens is 370 g/mol. The Morgan fingerprint density at radius 3 is 2.33 bits per heavy atom. The van der Waals surface area contributed by atoms with Gasteiger partial charge in [-0.25, -0.2) is 19.1 Å². The van der Waals surface area contributed by atoms with E-state index < -0.39 is 29.0 Å². The molecule has 9 heteroatoms. The third-order valence-corrected chi connectivity index (χ3v) is 5.96. The number of hydrogen-bond acceptors (Lipinski definition) is 7. The molecule has 1 fully saturated rings. The molecule has 0 unspecified atom stereocenters. The first-order chi connectivity index (χ1) is 12.4. The fourth-order valence-electron chi connectivity index (χ4n) is 2.85. The molecule has 0 N–H and O–H groups in total. The van der Waals surface area contributed by atoms with Crippen LogP contribution in [0.1, 0.15) is 52.5 Å². The zero-order chi connectivity index (χ0) is 20.6. The van der Waals surface area contributed by atoms with Crippen molar-refractivity contribution in [3.05, 3.63) is 18.2 Å². The summed E-state index contributed by atoms with van der Waals surface area (Å²) in [5.74, 6) is -0.516. The minimum absolute atomic E-state index is 0.240. The predicted molar refractivity (Wildman–Crippen MR) is 101 cm³/mol. The lowest BCUT2D eigenvalue weighted by Gasteiger charge is -2.33. The summed E-state index contributed by atoms with van der Waals surface area (Å²) in [6, 6.07) is -0.816. The molecule has 0 aliphatic carbocycles. The van der Waals surface area contributed by atoms with Gasteiger partial charge < -0.3 is 14.4 Å². The topological polar surface area (TPSA) is 90.7 Å². The molecular formula is C18H27N3O5S. The van der Waals surface area contributed by atoms with Crippen molar-refractivity contribution in [3.8, 4) is 0 Å². The van der Waals surface area contributed by atoms with Gasteiger partial charge in [0.25, 0.3) is 0 Å². The van der Waals surface area contributed by atoms with Crippen LogP contribution in [0.3, 0.4) is 0 Å². The van der Waals surface area contributed by atoms with Crippen LogP contribution in [0.4, 0.5) is 4.79 Å². The van der Waals surface area contributed by atoms with Gasteiger partial charge >= 0.3 is 12.1 Å². The third kappa shape index (κ3) is 4.63. The molecule has 1 aliphatic rings. The number of carbonyl (C=O) groups is 3. The molecule has 2 rings (SSSR count). The summed E-state index contributed by atoms with van der Waals surface area (Å²) in [4.78, 5) is 42.2. The number of hydrogen-bond donors (Lipinski definition) is 0. The minimum atomic E-state index is -0.816. The van der Waals surface area contributed by atoms with Crippen LogP contribution in [0, 0.1) is 5.41 Å². The van der Waals surface area contributed by atoms with E-state index in [0.717, 1.165) is 0 Å². The number of esters is 1. The van der Waals surface area contributed by atoms with Gasteiger partial charge in [0.05, 0.1) is 23.4 Å². The Kier molecular flexibility index (Phi) is 5.94. The van der Waals surface area contributed by atoms with Gasteiger partial charge in [0, 0.05) is 6.20 Å². The molecule has 1 aliphatic heterocycles. The van der Waals surface area contributed by atoms with Crippen LogP contribution in [0.5, 0.6) is 0 Å². The fraction of sp³-hybridized carbons (Fsp3) is 0.667. The molecule has 0 spiro atoms. The molecule has 0 saturated carbocycles. The molecule has 150 valence electrons. The lowest BCUT2D eigenvalue weighted by molar-refractivity contribution is -0.150. The Morgan fingerprint density at radius 2 is 1.85 bits per heavy atom. The summed E-state index contributed by atoms with van der Waals surface area (Å²) in [6.07, 6.45) is 3.01. The summed E-state index contributed by atoms with van der Waals surface area (Å²) < 4.78 is 11.5. The molecule has 1 aromatic rings. The molecule has 2 heterocycles. The monoisotopic (exact) mass is 397 g/mol. The molecule has 3 atom stereocenters. The van der Waals surface area contributed by atoms with Crippen molar-refractivity contribution in [3.63, 3.8) is 0 Å². The largest absolute Gasteiger partial charge is 0.467 e. The van der Waals surface area contributed by atoms with Crippen molar-refractivity contribution in [1.82, 2.24) is 14.5 Å². The number of carbonyl (C=O) groups excluding carboxylic acids is 3. The Hall–Kier alpha value is -2.03. The van der Waals surface area contributed by atoms with Crippen molar-refractivity contribution in [2.75, 3.05) is 7.11 Å². The summed E-state index contributed by atoms with van der Waals surface area (Å²) in [5.41, 5.74) is -0.385. The zero-order valence-electron chi connectivity index (χ0n) is 16.8. The van der Waals surface area contributed by atoms with Crippen LogP contribution < -0.4 is 0 Å². The highest BCUT2D eigenvalue weighted by molar-refractivity contribution is 8.00. The number of nitrogens with zero attached hydrogens (tertiary/aromatic N) is 3. The summed E-state index contributed by atoms with van der Waals surface area (Å²) in [5, 5.41) is -0.689. The number of imidazole rings is 1. The smallest absolute Gasteiger partial charge is 0.419 e. The Labute approximate surface area is 163 Å². The lowest BCUT2D eigenvalue weighted by Crippen LogP contribution is -2.46. The number of methoxy groups -OCH3 is 1. The van der Waals surface area contributed by atoms with E-state index in [1.54, 1.807) is 20.8 Å². The van der Waals surface area contributed by atoms with Crippen molar-refractivity contribution in [1.29, 1.82) is 0 Å². The SMILES string of the molecule is COC(=O)[C@@H]1[C@@H](c2cn(C(=O)OC(C)(C)C)cn2)S[C@H](C(C)(C)C)N1C=O. The van der Waals surface area contributed by atoms with E-state index in [1.807, 2.05) is 20.8 Å². The summed E-state index contributed by atoms with van der Waals surface area (Å²) >= 11 is 1.46. The maximum atomic E-state index is 12.4. The first kappa shape index (κ1) is 21.3.